The molecule has 0 aromatic heterocycles. The highest BCUT2D eigenvalue weighted by molar-refractivity contribution is 5.52. The highest BCUT2D eigenvalue weighted by atomic mass is 16.5. The van der Waals surface area contributed by atoms with Gasteiger partial charge in [0, 0.05) is 7.11 Å². The van der Waals surface area contributed by atoms with Crippen LogP contribution in [-0.2, 0) is 14.3 Å². The number of carbonyl (C=O) groups excluding carboxylic acids is 1. The molecule has 0 aliphatic heterocycles. The van der Waals surface area contributed by atoms with E-state index in [2.05, 4.69) is 0 Å². The molecule has 3 heteroatoms. The number of hydrogen-bond acceptors (Lipinski definition) is 3. The van der Waals surface area contributed by atoms with E-state index in [-0.39, 0.29) is 5.76 Å². The summed E-state index contributed by atoms with van der Waals surface area (Å²) in [5, 5.41) is 0. The van der Waals surface area contributed by atoms with Gasteiger partial charge in [-0.2, -0.15) is 0 Å². The molecular formula is C11H12O3. The molecule has 14 heavy (non-hydrogen) atoms. The molecule has 1 unspecified atom stereocenters. The van der Waals surface area contributed by atoms with E-state index in [4.69, 9.17) is 9.47 Å². The zero-order valence-electron chi connectivity index (χ0n) is 8.19. The Labute approximate surface area is 83.0 Å². The topological polar surface area (TPSA) is 35.5 Å². The molecule has 0 aliphatic rings. The molecule has 0 saturated carbocycles. The predicted molar refractivity (Wildman–Crippen MR) is 52.4 cm³/mol. The zero-order valence-corrected chi connectivity index (χ0v) is 8.19. The SMILES string of the molecule is COC(=C=O)C(OC)c1ccccc1. The second-order valence-electron chi connectivity index (χ2n) is 2.70. The maximum absolute atomic E-state index is 10.5. The molecule has 0 fully saturated rings. The third kappa shape index (κ3) is 2.22. The molecule has 0 saturated heterocycles. The summed E-state index contributed by atoms with van der Waals surface area (Å²) in [4.78, 5) is 10.5. The lowest BCUT2D eigenvalue weighted by atomic mass is 10.1. The monoisotopic (exact) mass is 192 g/mol. The largest absolute Gasteiger partial charge is 0.488 e. The average molecular weight is 192 g/mol. The molecule has 0 aliphatic carbocycles. The Bertz CT molecular complexity index is 326. The fraction of sp³-hybridized carbons (Fsp3) is 0.273. The van der Waals surface area contributed by atoms with E-state index in [0.29, 0.717) is 0 Å². The minimum absolute atomic E-state index is 0.152. The second-order valence-corrected chi connectivity index (χ2v) is 2.70. The number of benzene rings is 1. The van der Waals surface area contributed by atoms with Crippen molar-refractivity contribution in [1.82, 2.24) is 0 Å². The molecule has 3 nitrogen and oxygen atoms in total. The number of hydrogen-bond donors (Lipinski definition) is 0. The summed E-state index contributed by atoms with van der Waals surface area (Å²) < 4.78 is 10.0. The van der Waals surface area contributed by atoms with Gasteiger partial charge in [-0.15, -0.1) is 0 Å². The Hall–Kier alpha value is -1.57. The Morgan fingerprint density at radius 2 is 1.93 bits per heavy atom. The van der Waals surface area contributed by atoms with Crippen LogP contribution < -0.4 is 0 Å². The molecule has 0 radical (unpaired) electrons. The predicted octanol–water partition coefficient (Wildman–Crippen LogP) is 1.74. The molecule has 74 valence electrons. The van der Waals surface area contributed by atoms with Crippen molar-refractivity contribution in [2.24, 2.45) is 0 Å². The Kier molecular flexibility index (Phi) is 3.92. The first-order valence-corrected chi connectivity index (χ1v) is 4.20. The van der Waals surface area contributed by atoms with Crippen LogP contribution in [0.5, 0.6) is 0 Å². The third-order valence-corrected chi connectivity index (χ3v) is 1.90. The molecule has 1 aromatic rings. The van der Waals surface area contributed by atoms with E-state index in [1.807, 2.05) is 30.3 Å². The Balaban J connectivity index is 2.99. The smallest absolute Gasteiger partial charge is 0.213 e. The van der Waals surface area contributed by atoms with Crippen LogP contribution in [-0.4, -0.2) is 20.2 Å². The summed E-state index contributed by atoms with van der Waals surface area (Å²) in [6.07, 6.45) is -0.473. The summed E-state index contributed by atoms with van der Waals surface area (Å²) >= 11 is 0. The van der Waals surface area contributed by atoms with Crippen LogP contribution >= 0.6 is 0 Å². The molecule has 0 amide bonds. The van der Waals surface area contributed by atoms with Gasteiger partial charge in [-0.1, -0.05) is 30.3 Å². The lowest BCUT2D eigenvalue weighted by molar-refractivity contribution is 0.0813. The fourth-order valence-corrected chi connectivity index (χ4v) is 1.22. The van der Waals surface area contributed by atoms with Gasteiger partial charge in [0.2, 0.25) is 5.76 Å². The molecule has 0 spiro atoms. The number of ether oxygens (including phenoxy) is 2. The van der Waals surface area contributed by atoms with E-state index in [1.165, 1.54) is 14.2 Å². The van der Waals surface area contributed by atoms with Crippen LogP contribution in [0.1, 0.15) is 11.7 Å². The van der Waals surface area contributed by atoms with Gasteiger partial charge >= 0.3 is 0 Å². The standard InChI is InChI=1S/C11H12O3/c1-13-10(8-12)11(14-2)9-6-4-3-5-7-9/h3-7,11H,1-2H3. The normalized spacial score (nSPS) is 11.6. The maximum atomic E-state index is 10.5. The van der Waals surface area contributed by atoms with Gasteiger partial charge < -0.3 is 9.47 Å². The lowest BCUT2D eigenvalue weighted by Crippen LogP contribution is -2.07. The minimum Gasteiger partial charge on any atom is -0.488 e. The quantitative estimate of drug-likeness (QED) is 0.538. The molecular weight excluding hydrogens is 180 g/mol. The first-order valence-electron chi connectivity index (χ1n) is 4.20. The molecule has 1 rings (SSSR count). The van der Waals surface area contributed by atoms with E-state index < -0.39 is 6.10 Å². The van der Waals surface area contributed by atoms with Crippen LogP contribution in [0.3, 0.4) is 0 Å². The summed E-state index contributed by atoms with van der Waals surface area (Å²) in [5.74, 6) is 1.87. The highest BCUT2D eigenvalue weighted by Crippen LogP contribution is 2.23. The summed E-state index contributed by atoms with van der Waals surface area (Å²) in [6, 6.07) is 9.38. The first kappa shape index (κ1) is 10.5. The van der Waals surface area contributed by atoms with Crippen LogP contribution in [0.25, 0.3) is 0 Å². The second kappa shape index (κ2) is 5.22. The van der Waals surface area contributed by atoms with E-state index in [9.17, 15) is 4.79 Å². The molecule has 0 bridgehead atoms. The van der Waals surface area contributed by atoms with Gasteiger partial charge in [0.1, 0.15) is 0 Å². The van der Waals surface area contributed by atoms with Crippen LogP contribution in [0, 0.1) is 0 Å². The van der Waals surface area contributed by atoms with Gasteiger partial charge in [0.05, 0.1) is 7.11 Å². The van der Waals surface area contributed by atoms with Crippen molar-refractivity contribution < 1.29 is 14.3 Å². The average Bonchev–Trinajstić information content (AvgIpc) is 2.27. The van der Waals surface area contributed by atoms with Gasteiger partial charge in [0.25, 0.3) is 0 Å². The summed E-state index contributed by atoms with van der Waals surface area (Å²) in [6.45, 7) is 0. The molecule has 1 atom stereocenters. The minimum atomic E-state index is -0.473. The maximum Gasteiger partial charge on any atom is 0.213 e. The van der Waals surface area contributed by atoms with Crippen molar-refractivity contribution in [3.05, 3.63) is 41.7 Å². The van der Waals surface area contributed by atoms with Crippen molar-refractivity contribution in [2.75, 3.05) is 14.2 Å². The summed E-state index contributed by atoms with van der Waals surface area (Å²) in [5.41, 5.74) is 0.871. The van der Waals surface area contributed by atoms with Gasteiger partial charge in [0.15, 0.2) is 12.0 Å². The molecule has 1 aromatic carbocycles. The third-order valence-electron chi connectivity index (χ3n) is 1.90. The van der Waals surface area contributed by atoms with E-state index in [1.54, 1.807) is 5.94 Å². The Morgan fingerprint density at radius 3 is 2.36 bits per heavy atom. The van der Waals surface area contributed by atoms with Crippen molar-refractivity contribution >= 4 is 5.94 Å². The van der Waals surface area contributed by atoms with Crippen molar-refractivity contribution in [3.8, 4) is 0 Å². The Morgan fingerprint density at radius 1 is 1.29 bits per heavy atom. The van der Waals surface area contributed by atoms with E-state index in [0.717, 1.165) is 5.56 Å². The molecule has 0 N–H and O–H groups in total. The van der Waals surface area contributed by atoms with Crippen LogP contribution in [0.15, 0.2) is 36.1 Å². The van der Waals surface area contributed by atoms with Gasteiger partial charge in [-0.25, -0.2) is 4.79 Å². The summed E-state index contributed by atoms with van der Waals surface area (Å²) in [7, 11) is 2.95. The van der Waals surface area contributed by atoms with Crippen molar-refractivity contribution in [2.45, 2.75) is 6.10 Å². The zero-order chi connectivity index (χ0) is 10.4. The van der Waals surface area contributed by atoms with E-state index >= 15 is 0 Å². The number of rotatable bonds is 4. The lowest BCUT2D eigenvalue weighted by Gasteiger charge is -2.14. The van der Waals surface area contributed by atoms with Crippen LogP contribution in [0.2, 0.25) is 0 Å². The molecule has 0 heterocycles. The fourth-order valence-electron chi connectivity index (χ4n) is 1.22. The van der Waals surface area contributed by atoms with Gasteiger partial charge in [-0.05, 0) is 5.56 Å². The first-order chi connectivity index (χ1) is 6.83. The van der Waals surface area contributed by atoms with Gasteiger partial charge in [-0.3, -0.25) is 0 Å². The van der Waals surface area contributed by atoms with Crippen molar-refractivity contribution in [1.29, 1.82) is 0 Å². The number of methoxy groups -OCH3 is 2. The van der Waals surface area contributed by atoms with Crippen LogP contribution in [0.4, 0.5) is 0 Å². The van der Waals surface area contributed by atoms with Crippen molar-refractivity contribution in [3.63, 3.8) is 0 Å². The highest BCUT2D eigenvalue weighted by Gasteiger charge is 2.17.